The van der Waals surface area contributed by atoms with Gasteiger partial charge in [-0.25, -0.2) is 0 Å². The second-order valence-corrected chi connectivity index (χ2v) is 10.6. The fraction of sp³-hybridized carbons (Fsp3) is 0. The summed E-state index contributed by atoms with van der Waals surface area (Å²) in [5.74, 6) is 0. The Bertz CT molecular complexity index is 2020. The maximum atomic E-state index is 14.1. The van der Waals surface area contributed by atoms with E-state index in [1.165, 1.54) is 11.3 Å². The lowest BCUT2D eigenvalue weighted by atomic mass is 9.84. The number of thiophene rings is 2. The summed E-state index contributed by atoms with van der Waals surface area (Å²) in [7, 11) is 0. The zero-order valence-electron chi connectivity index (χ0n) is 19.0. The molecule has 0 saturated carbocycles. The van der Waals surface area contributed by atoms with Crippen LogP contribution in [0.4, 0.5) is 0 Å². The molecule has 5 aromatic rings. The molecule has 170 valence electrons. The van der Waals surface area contributed by atoms with E-state index < -0.39 is 10.9 Å². The average Bonchev–Trinajstić information content (AvgIpc) is 3.64. The summed E-state index contributed by atoms with van der Waals surface area (Å²) in [6.45, 7) is 0. The standard InChI is InChI=1S/C32H18O2S2/c33-31-28-24-14-6-4-12-22(24)20-10-2-1-9-19(20)21-11-3-5-13-23(21)27(28)29(25-15-7-17-35-25)30(32(31)34)26-16-8-18-36-26/h1-18H. The third-order valence-corrected chi connectivity index (χ3v) is 8.62. The molecule has 0 fully saturated rings. The van der Waals surface area contributed by atoms with Crippen LogP contribution >= 0.6 is 22.7 Å². The monoisotopic (exact) mass is 498 g/mol. The molecule has 0 saturated heterocycles. The molecule has 0 atom stereocenters. The van der Waals surface area contributed by atoms with Gasteiger partial charge in [-0.05, 0) is 55.2 Å². The average molecular weight is 499 g/mol. The van der Waals surface area contributed by atoms with Gasteiger partial charge in [0.1, 0.15) is 0 Å². The summed E-state index contributed by atoms with van der Waals surface area (Å²) in [5.41, 5.74) is 1.77. The van der Waals surface area contributed by atoms with Crippen molar-refractivity contribution in [1.82, 2.24) is 0 Å². The van der Waals surface area contributed by atoms with Crippen LogP contribution in [0.1, 0.15) is 0 Å². The van der Waals surface area contributed by atoms with Crippen LogP contribution in [0.2, 0.25) is 0 Å². The van der Waals surface area contributed by atoms with E-state index in [1.807, 2.05) is 77.5 Å². The first-order valence-electron chi connectivity index (χ1n) is 11.7. The molecule has 0 unspecified atom stereocenters. The van der Waals surface area contributed by atoms with Crippen LogP contribution in [0.15, 0.2) is 117 Å². The second-order valence-electron chi connectivity index (χ2n) is 8.75. The van der Waals surface area contributed by atoms with E-state index in [-0.39, 0.29) is 0 Å². The van der Waals surface area contributed by atoms with Crippen molar-refractivity contribution in [2.24, 2.45) is 0 Å². The SMILES string of the molecule is O=c1c(-c2cccs2)c(-c2cccs2)c2c3ccccc3c3ccccc3c3ccccc3c-2c1=O. The summed E-state index contributed by atoms with van der Waals surface area (Å²) in [4.78, 5) is 29.8. The molecule has 2 aliphatic rings. The summed E-state index contributed by atoms with van der Waals surface area (Å²) in [6.07, 6.45) is 0. The maximum Gasteiger partial charge on any atom is 0.235 e. The van der Waals surface area contributed by atoms with Gasteiger partial charge < -0.3 is 0 Å². The molecule has 2 heterocycles. The minimum absolute atomic E-state index is 0.444. The van der Waals surface area contributed by atoms with Gasteiger partial charge in [-0.15, -0.1) is 22.7 Å². The predicted molar refractivity (Wildman–Crippen MR) is 155 cm³/mol. The van der Waals surface area contributed by atoms with E-state index >= 15 is 0 Å². The van der Waals surface area contributed by atoms with E-state index in [1.54, 1.807) is 11.3 Å². The van der Waals surface area contributed by atoms with Crippen molar-refractivity contribution in [2.75, 3.05) is 0 Å². The lowest BCUT2D eigenvalue weighted by Gasteiger charge is -2.18. The van der Waals surface area contributed by atoms with E-state index in [0.29, 0.717) is 11.1 Å². The van der Waals surface area contributed by atoms with Gasteiger partial charge in [-0.3, -0.25) is 9.59 Å². The quantitative estimate of drug-likeness (QED) is 0.224. The van der Waals surface area contributed by atoms with E-state index in [9.17, 15) is 9.59 Å². The van der Waals surface area contributed by atoms with Gasteiger partial charge in [0.05, 0.1) is 5.56 Å². The molecule has 0 N–H and O–H groups in total. The molecule has 7 rings (SSSR count). The fourth-order valence-corrected chi connectivity index (χ4v) is 6.93. The van der Waals surface area contributed by atoms with Crippen molar-refractivity contribution in [2.45, 2.75) is 0 Å². The van der Waals surface area contributed by atoms with Crippen LogP contribution in [0, 0.1) is 0 Å². The Labute approximate surface area is 214 Å². The first-order valence-corrected chi connectivity index (χ1v) is 13.4. The maximum absolute atomic E-state index is 14.1. The highest BCUT2D eigenvalue weighted by molar-refractivity contribution is 7.14. The van der Waals surface area contributed by atoms with Gasteiger partial charge in [-0.2, -0.15) is 0 Å². The summed E-state index contributed by atoms with van der Waals surface area (Å²) in [6, 6.07) is 32.4. The molecule has 36 heavy (non-hydrogen) atoms. The molecule has 3 aromatic carbocycles. The highest BCUT2D eigenvalue weighted by Gasteiger charge is 2.27. The Balaban J connectivity index is 1.93. The molecule has 2 aromatic heterocycles. The summed E-state index contributed by atoms with van der Waals surface area (Å²) in [5, 5.41) is 9.91. The van der Waals surface area contributed by atoms with Crippen LogP contribution in [0.3, 0.4) is 0 Å². The molecular weight excluding hydrogens is 480 g/mol. The van der Waals surface area contributed by atoms with Crippen LogP contribution < -0.4 is 10.9 Å². The highest BCUT2D eigenvalue weighted by Crippen LogP contribution is 2.46. The number of hydrogen-bond donors (Lipinski definition) is 0. The van der Waals surface area contributed by atoms with E-state index in [0.717, 1.165) is 53.2 Å². The topological polar surface area (TPSA) is 34.1 Å². The fourth-order valence-electron chi connectivity index (χ4n) is 5.38. The third kappa shape index (κ3) is 3.02. The van der Waals surface area contributed by atoms with Crippen molar-refractivity contribution >= 4 is 55.0 Å². The minimum atomic E-state index is -0.449. The molecule has 2 nitrogen and oxygen atoms in total. The van der Waals surface area contributed by atoms with Gasteiger partial charge in [0.2, 0.25) is 10.9 Å². The van der Waals surface area contributed by atoms with Gasteiger partial charge in [-0.1, -0.05) is 84.9 Å². The number of hydrogen-bond acceptors (Lipinski definition) is 4. The van der Waals surface area contributed by atoms with E-state index in [2.05, 4.69) is 30.3 Å². The van der Waals surface area contributed by atoms with Gasteiger partial charge >= 0.3 is 0 Å². The number of fused-ring (bicyclic) bond motifs is 8. The normalized spacial score (nSPS) is 11.6. The first-order chi connectivity index (χ1) is 17.7. The van der Waals surface area contributed by atoms with Crippen molar-refractivity contribution in [1.29, 1.82) is 0 Å². The summed E-state index contributed by atoms with van der Waals surface area (Å²) >= 11 is 3.08. The Kier molecular flexibility index (Phi) is 4.84. The smallest absolute Gasteiger partial charge is 0.235 e. The lowest BCUT2D eigenvalue weighted by molar-refractivity contribution is 1.49. The Hall–Kier alpha value is -4.12. The minimum Gasteiger partial charge on any atom is -0.285 e. The lowest BCUT2D eigenvalue weighted by Crippen LogP contribution is -2.28. The van der Waals surface area contributed by atoms with Crippen LogP contribution in [0.5, 0.6) is 0 Å². The van der Waals surface area contributed by atoms with E-state index in [4.69, 9.17) is 0 Å². The Morgan fingerprint density at radius 3 is 1.22 bits per heavy atom. The van der Waals surface area contributed by atoms with Crippen LogP contribution in [-0.4, -0.2) is 0 Å². The van der Waals surface area contributed by atoms with Gasteiger partial charge in [0.15, 0.2) is 0 Å². The predicted octanol–water partition coefficient (Wildman–Crippen LogP) is 8.43. The largest absolute Gasteiger partial charge is 0.285 e. The molecule has 2 aliphatic carbocycles. The zero-order valence-corrected chi connectivity index (χ0v) is 20.7. The van der Waals surface area contributed by atoms with Crippen molar-refractivity contribution in [3.63, 3.8) is 0 Å². The molecule has 0 radical (unpaired) electrons. The second kappa shape index (κ2) is 8.23. The third-order valence-electron chi connectivity index (χ3n) is 6.85. The van der Waals surface area contributed by atoms with Crippen LogP contribution in [0.25, 0.3) is 64.3 Å². The number of benzene rings is 4. The van der Waals surface area contributed by atoms with Gasteiger partial charge in [0, 0.05) is 26.4 Å². The molecule has 0 spiro atoms. The highest BCUT2D eigenvalue weighted by atomic mass is 32.1. The van der Waals surface area contributed by atoms with Crippen LogP contribution in [-0.2, 0) is 0 Å². The van der Waals surface area contributed by atoms with Crippen molar-refractivity contribution < 1.29 is 0 Å². The van der Waals surface area contributed by atoms with Crippen molar-refractivity contribution in [3.8, 4) is 32.0 Å². The molecule has 0 bridgehead atoms. The van der Waals surface area contributed by atoms with Gasteiger partial charge in [0.25, 0.3) is 0 Å². The van der Waals surface area contributed by atoms with Crippen molar-refractivity contribution in [3.05, 3.63) is 128 Å². The molecule has 0 amide bonds. The Morgan fingerprint density at radius 1 is 0.361 bits per heavy atom. The zero-order chi connectivity index (χ0) is 24.2. The summed E-state index contributed by atoms with van der Waals surface area (Å²) < 4.78 is 0. The Morgan fingerprint density at radius 2 is 0.750 bits per heavy atom. The molecular formula is C32H18O2S2. The number of rotatable bonds is 2. The first kappa shape index (κ1) is 21.2. The molecule has 4 heteroatoms. The molecule has 0 aliphatic heterocycles.